The van der Waals surface area contributed by atoms with E-state index >= 15 is 0 Å². The van der Waals surface area contributed by atoms with Gasteiger partial charge in [-0.3, -0.25) is 0 Å². The van der Waals surface area contributed by atoms with Crippen molar-refractivity contribution in [3.8, 4) is 10.6 Å². The van der Waals surface area contributed by atoms with Crippen LogP contribution in [0.4, 0.5) is 0 Å². The second-order valence-electron chi connectivity index (χ2n) is 4.88. The number of hydrogen-bond donors (Lipinski definition) is 0. The molecule has 1 aliphatic carbocycles. The van der Waals surface area contributed by atoms with Gasteiger partial charge in [-0.2, -0.15) is 0 Å². The van der Waals surface area contributed by atoms with Crippen molar-refractivity contribution in [2.75, 3.05) is 7.11 Å². The van der Waals surface area contributed by atoms with Crippen LogP contribution in [0.2, 0.25) is 5.15 Å². The summed E-state index contributed by atoms with van der Waals surface area (Å²) in [5.41, 5.74) is 2.37. The highest BCUT2D eigenvalue weighted by Crippen LogP contribution is 2.37. The van der Waals surface area contributed by atoms with Crippen LogP contribution in [0.5, 0.6) is 0 Å². The Morgan fingerprint density at radius 2 is 2.05 bits per heavy atom. The molecule has 0 amide bonds. The first-order chi connectivity index (χ1) is 9.69. The first-order valence-corrected chi connectivity index (χ1v) is 7.73. The minimum absolute atomic E-state index is 0.208. The van der Waals surface area contributed by atoms with Crippen molar-refractivity contribution in [2.24, 2.45) is 0 Å². The number of ether oxygens (including phenoxy) is 1. The molecule has 0 atom stereocenters. The first kappa shape index (κ1) is 13.6. The van der Waals surface area contributed by atoms with E-state index < -0.39 is 5.97 Å². The monoisotopic (exact) mass is 307 g/mol. The highest BCUT2D eigenvalue weighted by atomic mass is 35.5. The number of carbonyl (C=O) groups excluding carboxylic acids is 1. The molecule has 20 heavy (non-hydrogen) atoms. The third kappa shape index (κ3) is 2.45. The Hall–Kier alpha value is -1.39. The van der Waals surface area contributed by atoms with E-state index in [2.05, 4.69) is 21.9 Å². The van der Waals surface area contributed by atoms with Crippen LogP contribution >= 0.6 is 22.9 Å². The Morgan fingerprint density at radius 3 is 2.60 bits per heavy atom. The molecule has 0 spiro atoms. The summed E-state index contributed by atoms with van der Waals surface area (Å²) in [5.74, 6) is 0.277. The third-order valence-electron chi connectivity index (χ3n) is 3.69. The number of halogens is 1. The summed E-state index contributed by atoms with van der Waals surface area (Å²) in [6.07, 6.45) is 3.90. The minimum Gasteiger partial charge on any atom is -0.465 e. The SMILES string of the molecule is COC(=O)c1sc(-c2ccc(C3CCC3)cc2)nc1Cl. The number of benzene rings is 1. The fourth-order valence-corrected chi connectivity index (χ4v) is 3.49. The van der Waals surface area contributed by atoms with Gasteiger partial charge in [-0.05, 0) is 24.3 Å². The van der Waals surface area contributed by atoms with Crippen LogP contribution in [-0.2, 0) is 4.74 Å². The molecule has 2 aromatic rings. The quantitative estimate of drug-likeness (QED) is 0.783. The number of rotatable bonds is 3. The predicted molar refractivity (Wildman–Crippen MR) is 80.5 cm³/mol. The number of aromatic nitrogens is 1. The van der Waals surface area contributed by atoms with Crippen LogP contribution in [0.15, 0.2) is 24.3 Å². The average Bonchev–Trinajstić information content (AvgIpc) is 2.79. The van der Waals surface area contributed by atoms with E-state index in [1.54, 1.807) is 0 Å². The van der Waals surface area contributed by atoms with Crippen LogP contribution in [0.3, 0.4) is 0 Å². The molecule has 1 fully saturated rings. The van der Waals surface area contributed by atoms with Gasteiger partial charge in [0.1, 0.15) is 5.01 Å². The minimum atomic E-state index is -0.440. The second-order valence-corrected chi connectivity index (χ2v) is 6.24. The van der Waals surface area contributed by atoms with Crippen molar-refractivity contribution >= 4 is 28.9 Å². The normalized spacial score (nSPS) is 14.9. The lowest BCUT2D eigenvalue weighted by Gasteiger charge is -2.25. The van der Waals surface area contributed by atoms with E-state index in [4.69, 9.17) is 11.6 Å². The Kier molecular flexibility index (Phi) is 3.76. The average molecular weight is 308 g/mol. The van der Waals surface area contributed by atoms with Gasteiger partial charge in [0.25, 0.3) is 0 Å². The zero-order valence-corrected chi connectivity index (χ0v) is 12.6. The summed E-state index contributed by atoms with van der Waals surface area (Å²) < 4.78 is 4.69. The highest BCUT2D eigenvalue weighted by molar-refractivity contribution is 7.17. The maximum absolute atomic E-state index is 11.5. The number of methoxy groups -OCH3 is 1. The van der Waals surface area contributed by atoms with Crippen LogP contribution < -0.4 is 0 Å². The zero-order valence-electron chi connectivity index (χ0n) is 11.1. The molecule has 3 nitrogen and oxygen atoms in total. The molecule has 0 aliphatic heterocycles. The molecule has 1 aromatic heterocycles. The van der Waals surface area contributed by atoms with Crippen LogP contribution in [0.25, 0.3) is 10.6 Å². The molecule has 0 bridgehead atoms. The maximum atomic E-state index is 11.5. The first-order valence-electron chi connectivity index (χ1n) is 6.54. The Balaban J connectivity index is 1.87. The predicted octanol–water partition coefficient (Wildman–Crippen LogP) is 4.52. The van der Waals surface area contributed by atoms with E-state index in [1.165, 1.54) is 43.3 Å². The smallest absolute Gasteiger partial charge is 0.351 e. The van der Waals surface area contributed by atoms with Gasteiger partial charge in [0.05, 0.1) is 7.11 Å². The van der Waals surface area contributed by atoms with E-state index in [0.717, 1.165) is 16.5 Å². The summed E-state index contributed by atoms with van der Waals surface area (Å²) in [7, 11) is 1.34. The lowest BCUT2D eigenvalue weighted by Crippen LogP contribution is -2.08. The van der Waals surface area contributed by atoms with E-state index in [1.807, 2.05) is 12.1 Å². The standard InChI is InChI=1S/C15H14ClNO2S/c1-19-15(18)12-13(16)17-14(20-12)11-7-5-10(6-8-11)9-3-2-4-9/h5-9H,2-4H2,1H3. The van der Waals surface area contributed by atoms with Crippen molar-refractivity contribution in [3.05, 3.63) is 39.9 Å². The molecule has 0 saturated heterocycles. The molecule has 1 aromatic carbocycles. The molecule has 5 heteroatoms. The van der Waals surface area contributed by atoms with Gasteiger partial charge in [0.15, 0.2) is 10.0 Å². The molecule has 1 aliphatic rings. The third-order valence-corrected chi connectivity index (χ3v) is 5.16. The molecule has 3 rings (SSSR count). The van der Waals surface area contributed by atoms with Crippen molar-refractivity contribution in [3.63, 3.8) is 0 Å². The second kappa shape index (κ2) is 5.54. The van der Waals surface area contributed by atoms with Crippen molar-refractivity contribution in [2.45, 2.75) is 25.2 Å². The number of nitrogens with zero attached hydrogens (tertiary/aromatic N) is 1. The van der Waals surface area contributed by atoms with Gasteiger partial charge < -0.3 is 4.74 Å². The van der Waals surface area contributed by atoms with Gasteiger partial charge >= 0.3 is 5.97 Å². The molecule has 0 N–H and O–H groups in total. The zero-order chi connectivity index (χ0) is 14.1. The number of esters is 1. The number of thiazole rings is 1. The fourth-order valence-electron chi connectivity index (χ4n) is 2.28. The van der Waals surface area contributed by atoms with Crippen molar-refractivity contribution in [1.82, 2.24) is 4.98 Å². The van der Waals surface area contributed by atoms with Gasteiger partial charge in [0.2, 0.25) is 0 Å². The topological polar surface area (TPSA) is 39.2 Å². The van der Waals surface area contributed by atoms with Gasteiger partial charge in [-0.1, -0.05) is 42.3 Å². The summed E-state index contributed by atoms with van der Waals surface area (Å²) >= 11 is 7.24. The Bertz CT molecular complexity index is 632. The molecular weight excluding hydrogens is 294 g/mol. The molecule has 0 unspecified atom stereocenters. The molecule has 1 heterocycles. The lowest BCUT2D eigenvalue weighted by atomic mass is 9.80. The van der Waals surface area contributed by atoms with Crippen LogP contribution in [0.1, 0.15) is 40.4 Å². The molecule has 0 radical (unpaired) electrons. The summed E-state index contributed by atoms with van der Waals surface area (Å²) in [6.45, 7) is 0. The molecule has 104 valence electrons. The van der Waals surface area contributed by atoms with E-state index in [0.29, 0.717) is 4.88 Å². The molecule has 1 saturated carbocycles. The molecular formula is C15H14ClNO2S. The van der Waals surface area contributed by atoms with Crippen molar-refractivity contribution in [1.29, 1.82) is 0 Å². The van der Waals surface area contributed by atoms with E-state index in [-0.39, 0.29) is 5.15 Å². The summed E-state index contributed by atoms with van der Waals surface area (Å²) in [5, 5.41) is 0.954. The van der Waals surface area contributed by atoms with Gasteiger partial charge in [-0.25, -0.2) is 9.78 Å². The summed E-state index contributed by atoms with van der Waals surface area (Å²) in [6, 6.07) is 8.38. The maximum Gasteiger partial charge on any atom is 0.351 e. The lowest BCUT2D eigenvalue weighted by molar-refractivity contribution is 0.0606. The van der Waals surface area contributed by atoms with Gasteiger partial charge in [-0.15, -0.1) is 11.3 Å². The fraction of sp³-hybridized carbons (Fsp3) is 0.333. The largest absolute Gasteiger partial charge is 0.465 e. The van der Waals surface area contributed by atoms with E-state index in [9.17, 15) is 4.79 Å². The van der Waals surface area contributed by atoms with Crippen LogP contribution in [0, 0.1) is 0 Å². The van der Waals surface area contributed by atoms with Crippen LogP contribution in [-0.4, -0.2) is 18.1 Å². The Labute approximate surface area is 126 Å². The summed E-state index contributed by atoms with van der Waals surface area (Å²) in [4.78, 5) is 16.1. The highest BCUT2D eigenvalue weighted by Gasteiger charge is 2.20. The number of carbonyl (C=O) groups is 1. The number of hydrogen-bond acceptors (Lipinski definition) is 4. The van der Waals surface area contributed by atoms with Gasteiger partial charge in [0, 0.05) is 5.56 Å². The van der Waals surface area contributed by atoms with Crippen molar-refractivity contribution < 1.29 is 9.53 Å². The Morgan fingerprint density at radius 1 is 1.35 bits per heavy atom.